The fourth-order valence-corrected chi connectivity index (χ4v) is 2.68. The Morgan fingerprint density at radius 2 is 1.52 bits per heavy atom. The van der Waals surface area contributed by atoms with Gasteiger partial charge in [-0.3, -0.25) is 24.9 Å². The molecule has 6 nitrogen and oxygen atoms in total. The standard InChI is InChI=1S/C13H15N3O.C10H8N2/c1-3-14-9-12-10(2)15-16(13(12)17)11-7-5-4-6-8-11;1-3-7-11-9(5-1)10-6-2-4-8-12-10/h4-9,15H,3H2,1-2H3;1-8H. The molecule has 29 heavy (non-hydrogen) atoms. The summed E-state index contributed by atoms with van der Waals surface area (Å²) < 4.78 is 1.53. The van der Waals surface area contributed by atoms with Gasteiger partial charge in [0.25, 0.3) is 5.56 Å². The molecule has 1 N–H and O–H groups in total. The van der Waals surface area contributed by atoms with Crippen LogP contribution in [-0.4, -0.2) is 32.5 Å². The molecule has 4 rings (SSSR count). The molecule has 0 aliphatic heterocycles. The Balaban J connectivity index is 0.000000176. The smallest absolute Gasteiger partial charge is 0.280 e. The minimum absolute atomic E-state index is 0.0640. The summed E-state index contributed by atoms with van der Waals surface area (Å²) in [5, 5.41) is 3.05. The van der Waals surface area contributed by atoms with Gasteiger partial charge in [-0.2, -0.15) is 0 Å². The Bertz CT molecular complexity index is 1060. The maximum absolute atomic E-state index is 12.1. The second-order valence-corrected chi connectivity index (χ2v) is 6.18. The van der Waals surface area contributed by atoms with Crippen molar-refractivity contribution in [3.05, 3.63) is 101 Å². The van der Waals surface area contributed by atoms with Gasteiger partial charge in [0.15, 0.2) is 0 Å². The number of nitrogens with zero attached hydrogens (tertiary/aromatic N) is 4. The molecule has 6 heteroatoms. The second-order valence-electron chi connectivity index (χ2n) is 6.18. The molecule has 3 aromatic heterocycles. The summed E-state index contributed by atoms with van der Waals surface area (Å²) in [5.74, 6) is 0. The first-order valence-corrected chi connectivity index (χ1v) is 9.40. The van der Waals surface area contributed by atoms with Crippen LogP contribution in [0.2, 0.25) is 0 Å². The van der Waals surface area contributed by atoms with E-state index in [-0.39, 0.29) is 5.56 Å². The molecule has 3 heterocycles. The number of aliphatic imine (C=N–C) groups is 1. The highest BCUT2D eigenvalue weighted by molar-refractivity contribution is 5.80. The summed E-state index contributed by atoms with van der Waals surface area (Å²) in [7, 11) is 0. The van der Waals surface area contributed by atoms with E-state index >= 15 is 0 Å². The topological polar surface area (TPSA) is 75.9 Å². The van der Waals surface area contributed by atoms with E-state index in [0.29, 0.717) is 12.1 Å². The van der Waals surface area contributed by atoms with E-state index in [1.54, 1.807) is 18.6 Å². The van der Waals surface area contributed by atoms with Crippen molar-refractivity contribution in [1.82, 2.24) is 19.7 Å². The van der Waals surface area contributed by atoms with Gasteiger partial charge in [-0.1, -0.05) is 30.3 Å². The molecule has 146 valence electrons. The van der Waals surface area contributed by atoms with Crippen LogP contribution in [0.1, 0.15) is 18.2 Å². The van der Waals surface area contributed by atoms with Gasteiger partial charge in [0.1, 0.15) is 0 Å². The van der Waals surface area contributed by atoms with Crippen molar-refractivity contribution in [2.24, 2.45) is 4.99 Å². The van der Waals surface area contributed by atoms with Crippen LogP contribution in [0.4, 0.5) is 0 Å². The first-order chi connectivity index (χ1) is 14.2. The molecule has 1 aromatic carbocycles. The zero-order valence-corrected chi connectivity index (χ0v) is 16.5. The first kappa shape index (κ1) is 19.9. The van der Waals surface area contributed by atoms with Gasteiger partial charge in [0.2, 0.25) is 0 Å². The lowest BCUT2D eigenvalue weighted by molar-refractivity contribution is 0.835. The molecule has 0 aliphatic rings. The summed E-state index contributed by atoms with van der Waals surface area (Å²) in [6.45, 7) is 4.49. The SMILES string of the molecule is CCN=Cc1c(C)[nH]n(-c2ccccc2)c1=O.c1ccc(-c2ccccn2)nc1. The number of rotatable bonds is 4. The molecule has 0 amide bonds. The summed E-state index contributed by atoms with van der Waals surface area (Å²) in [6.07, 6.45) is 5.17. The van der Waals surface area contributed by atoms with Gasteiger partial charge in [-0.05, 0) is 50.2 Å². The van der Waals surface area contributed by atoms with E-state index in [1.165, 1.54) is 4.68 Å². The van der Waals surface area contributed by atoms with E-state index in [9.17, 15) is 4.79 Å². The van der Waals surface area contributed by atoms with Gasteiger partial charge in [0.05, 0.1) is 22.6 Å². The number of hydrogen-bond donors (Lipinski definition) is 1. The normalized spacial score (nSPS) is 10.6. The quantitative estimate of drug-likeness (QED) is 0.538. The minimum Gasteiger partial charge on any atom is -0.295 e. The van der Waals surface area contributed by atoms with E-state index < -0.39 is 0 Å². The Hall–Kier alpha value is -3.80. The maximum atomic E-state index is 12.1. The number of H-pyrrole nitrogens is 1. The zero-order chi connectivity index (χ0) is 20.5. The second kappa shape index (κ2) is 9.94. The number of pyridine rings is 2. The van der Waals surface area contributed by atoms with Gasteiger partial charge in [0, 0.05) is 30.8 Å². The third-order valence-corrected chi connectivity index (χ3v) is 4.13. The molecule has 0 fully saturated rings. The number of nitrogens with one attached hydrogen (secondary N) is 1. The highest BCUT2D eigenvalue weighted by Crippen LogP contribution is 2.11. The monoisotopic (exact) mass is 385 g/mol. The van der Waals surface area contributed by atoms with Crippen LogP contribution >= 0.6 is 0 Å². The van der Waals surface area contributed by atoms with Crippen molar-refractivity contribution >= 4 is 6.21 Å². The molecule has 0 unspecified atom stereocenters. The Kier molecular flexibility index (Phi) is 6.84. The molecule has 0 spiro atoms. The number of benzene rings is 1. The molecule has 0 saturated heterocycles. The van der Waals surface area contributed by atoms with Crippen molar-refractivity contribution in [1.29, 1.82) is 0 Å². The first-order valence-electron chi connectivity index (χ1n) is 9.40. The molecule has 4 aromatic rings. The number of aromatic amines is 1. The van der Waals surface area contributed by atoms with Crippen LogP contribution in [0.25, 0.3) is 17.1 Å². The molecule has 0 bridgehead atoms. The van der Waals surface area contributed by atoms with E-state index in [4.69, 9.17) is 0 Å². The van der Waals surface area contributed by atoms with E-state index in [2.05, 4.69) is 20.1 Å². The van der Waals surface area contributed by atoms with Crippen molar-refractivity contribution in [2.75, 3.05) is 6.54 Å². The van der Waals surface area contributed by atoms with Crippen molar-refractivity contribution in [2.45, 2.75) is 13.8 Å². The molecule has 0 saturated carbocycles. The van der Waals surface area contributed by atoms with Gasteiger partial charge < -0.3 is 0 Å². The Morgan fingerprint density at radius 1 is 0.931 bits per heavy atom. The van der Waals surface area contributed by atoms with E-state index in [0.717, 1.165) is 22.8 Å². The fourth-order valence-electron chi connectivity index (χ4n) is 2.68. The summed E-state index contributed by atoms with van der Waals surface area (Å²) >= 11 is 0. The van der Waals surface area contributed by atoms with Crippen molar-refractivity contribution in [3.63, 3.8) is 0 Å². The number of para-hydroxylation sites is 1. The third-order valence-electron chi connectivity index (χ3n) is 4.13. The third kappa shape index (κ3) is 5.13. The predicted octanol–water partition coefficient (Wildman–Crippen LogP) is 4.06. The van der Waals surface area contributed by atoms with Gasteiger partial charge >= 0.3 is 0 Å². The van der Waals surface area contributed by atoms with Gasteiger partial charge in [-0.15, -0.1) is 0 Å². The Morgan fingerprint density at radius 3 is 2.03 bits per heavy atom. The number of aryl methyl sites for hydroxylation is 1. The van der Waals surface area contributed by atoms with Crippen LogP contribution in [0.3, 0.4) is 0 Å². The van der Waals surface area contributed by atoms with E-state index in [1.807, 2.05) is 80.6 Å². The van der Waals surface area contributed by atoms with Crippen LogP contribution in [0, 0.1) is 6.92 Å². The summed E-state index contributed by atoms with van der Waals surface area (Å²) in [5.41, 5.74) is 4.05. The van der Waals surface area contributed by atoms with Crippen molar-refractivity contribution < 1.29 is 0 Å². The lowest BCUT2D eigenvalue weighted by atomic mass is 10.2. The minimum atomic E-state index is -0.0640. The van der Waals surface area contributed by atoms with Crippen LogP contribution in [0.5, 0.6) is 0 Å². The number of hydrogen-bond acceptors (Lipinski definition) is 4. The Labute approximate surface area is 169 Å². The maximum Gasteiger partial charge on any atom is 0.280 e. The van der Waals surface area contributed by atoms with Gasteiger partial charge in [-0.25, -0.2) is 4.68 Å². The fraction of sp³-hybridized carbons (Fsp3) is 0.130. The molecular weight excluding hydrogens is 362 g/mol. The lowest BCUT2D eigenvalue weighted by Crippen LogP contribution is -2.17. The average molecular weight is 385 g/mol. The lowest BCUT2D eigenvalue weighted by Gasteiger charge is -1.99. The highest BCUT2D eigenvalue weighted by Gasteiger charge is 2.09. The largest absolute Gasteiger partial charge is 0.295 e. The van der Waals surface area contributed by atoms with Crippen LogP contribution < -0.4 is 5.56 Å². The average Bonchev–Trinajstić information content (AvgIpc) is 3.08. The van der Waals surface area contributed by atoms with Crippen LogP contribution in [-0.2, 0) is 0 Å². The molecular formula is C23H23N5O. The molecule has 0 atom stereocenters. The highest BCUT2D eigenvalue weighted by atomic mass is 16.1. The predicted molar refractivity (Wildman–Crippen MR) is 117 cm³/mol. The van der Waals surface area contributed by atoms with Crippen LogP contribution in [0.15, 0.2) is 88.9 Å². The summed E-state index contributed by atoms with van der Waals surface area (Å²) in [4.78, 5) is 24.6. The zero-order valence-electron chi connectivity index (χ0n) is 16.5. The number of aromatic nitrogens is 4. The molecule has 0 aliphatic carbocycles. The molecule has 0 radical (unpaired) electrons. The van der Waals surface area contributed by atoms with Crippen molar-refractivity contribution in [3.8, 4) is 17.1 Å². The summed E-state index contributed by atoms with van der Waals surface area (Å²) in [6, 6.07) is 21.1.